The smallest absolute Gasteiger partial charge is 0.120 e. The average molecular weight is 208 g/mol. The van der Waals surface area contributed by atoms with Crippen LogP contribution in [0.5, 0.6) is 0 Å². The second-order valence-corrected chi connectivity index (χ2v) is 4.46. The van der Waals surface area contributed by atoms with Crippen LogP contribution >= 0.6 is 0 Å². The molecule has 0 aromatic carbocycles. The topological polar surface area (TPSA) is 51.2 Å². The van der Waals surface area contributed by atoms with Gasteiger partial charge in [0.2, 0.25) is 0 Å². The normalized spacial score (nSPS) is 28.9. The lowest BCUT2D eigenvalue weighted by atomic mass is 9.90. The van der Waals surface area contributed by atoms with Gasteiger partial charge in [-0.25, -0.2) is 0 Å². The van der Waals surface area contributed by atoms with Gasteiger partial charge in [-0.05, 0) is 31.9 Å². The van der Waals surface area contributed by atoms with E-state index >= 15 is 0 Å². The minimum atomic E-state index is 0.258. The van der Waals surface area contributed by atoms with E-state index < -0.39 is 0 Å². The van der Waals surface area contributed by atoms with Crippen LogP contribution in [0.25, 0.3) is 0 Å². The van der Waals surface area contributed by atoms with E-state index in [4.69, 9.17) is 10.2 Å². The third kappa shape index (κ3) is 2.61. The van der Waals surface area contributed by atoms with Gasteiger partial charge in [-0.15, -0.1) is 0 Å². The molecule has 0 spiro atoms. The standard InChI is InChI=1S/C12H20N2O/c1-9(12-7-4-8-15-12)14-11-6-3-2-5-10(11)13/h4,7-11,14H,2-3,5-6,13H2,1H3/t9-,10-,11-/m0/s1. The molecular formula is C12H20N2O. The first kappa shape index (κ1) is 10.7. The van der Waals surface area contributed by atoms with Crippen molar-refractivity contribution in [1.82, 2.24) is 5.32 Å². The predicted molar refractivity (Wildman–Crippen MR) is 60.5 cm³/mol. The van der Waals surface area contributed by atoms with Crippen molar-refractivity contribution in [1.29, 1.82) is 0 Å². The average Bonchev–Trinajstić information content (AvgIpc) is 2.74. The Balaban J connectivity index is 1.90. The van der Waals surface area contributed by atoms with Gasteiger partial charge in [0.05, 0.1) is 12.3 Å². The molecule has 0 bridgehead atoms. The Morgan fingerprint density at radius 3 is 2.93 bits per heavy atom. The molecule has 3 nitrogen and oxygen atoms in total. The number of hydrogen-bond acceptors (Lipinski definition) is 3. The summed E-state index contributed by atoms with van der Waals surface area (Å²) in [4.78, 5) is 0. The third-order valence-electron chi connectivity index (χ3n) is 3.25. The van der Waals surface area contributed by atoms with E-state index in [1.807, 2.05) is 12.1 Å². The molecule has 3 N–H and O–H groups in total. The Bertz CT molecular complexity index is 284. The summed E-state index contributed by atoms with van der Waals surface area (Å²) in [5.74, 6) is 0.993. The van der Waals surface area contributed by atoms with Gasteiger partial charge in [-0.1, -0.05) is 12.8 Å². The van der Waals surface area contributed by atoms with E-state index in [0.717, 1.165) is 12.2 Å². The predicted octanol–water partition coefficient (Wildman–Crippen LogP) is 2.20. The molecule has 84 valence electrons. The van der Waals surface area contributed by atoms with Crippen molar-refractivity contribution in [2.24, 2.45) is 5.73 Å². The van der Waals surface area contributed by atoms with Crippen LogP contribution in [0.1, 0.15) is 44.4 Å². The largest absolute Gasteiger partial charge is 0.468 e. The fourth-order valence-electron chi connectivity index (χ4n) is 2.31. The van der Waals surface area contributed by atoms with Crippen molar-refractivity contribution in [3.05, 3.63) is 24.2 Å². The zero-order valence-electron chi connectivity index (χ0n) is 9.28. The Hall–Kier alpha value is -0.800. The van der Waals surface area contributed by atoms with Crippen LogP contribution in [-0.4, -0.2) is 12.1 Å². The molecule has 15 heavy (non-hydrogen) atoms. The molecule has 0 amide bonds. The van der Waals surface area contributed by atoms with E-state index in [0.29, 0.717) is 12.1 Å². The number of nitrogens with one attached hydrogen (secondary N) is 1. The van der Waals surface area contributed by atoms with Crippen LogP contribution < -0.4 is 11.1 Å². The molecule has 1 aromatic heterocycles. The molecule has 0 unspecified atom stereocenters. The number of furan rings is 1. The first-order chi connectivity index (χ1) is 7.27. The molecule has 3 heteroatoms. The van der Waals surface area contributed by atoms with Gasteiger partial charge < -0.3 is 15.5 Å². The first-order valence-corrected chi connectivity index (χ1v) is 5.82. The van der Waals surface area contributed by atoms with Crippen molar-refractivity contribution < 1.29 is 4.42 Å². The van der Waals surface area contributed by atoms with Crippen LogP contribution in [-0.2, 0) is 0 Å². The summed E-state index contributed by atoms with van der Waals surface area (Å²) >= 11 is 0. The lowest BCUT2D eigenvalue weighted by molar-refractivity contribution is 0.291. The summed E-state index contributed by atoms with van der Waals surface area (Å²) < 4.78 is 5.37. The van der Waals surface area contributed by atoms with Gasteiger partial charge in [-0.3, -0.25) is 0 Å². The summed E-state index contributed by atoms with van der Waals surface area (Å²) in [7, 11) is 0. The Labute approximate surface area is 91.0 Å². The molecule has 1 aliphatic carbocycles. The molecule has 1 saturated carbocycles. The molecular weight excluding hydrogens is 188 g/mol. The Morgan fingerprint density at radius 1 is 1.47 bits per heavy atom. The van der Waals surface area contributed by atoms with Gasteiger partial charge in [0, 0.05) is 12.1 Å². The van der Waals surface area contributed by atoms with Crippen LogP contribution in [0.3, 0.4) is 0 Å². The maximum Gasteiger partial charge on any atom is 0.120 e. The van der Waals surface area contributed by atoms with Gasteiger partial charge in [0.25, 0.3) is 0 Å². The molecule has 1 heterocycles. The monoisotopic (exact) mass is 208 g/mol. The van der Waals surface area contributed by atoms with Crippen molar-refractivity contribution in [3.63, 3.8) is 0 Å². The quantitative estimate of drug-likeness (QED) is 0.800. The highest BCUT2D eigenvalue weighted by molar-refractivity contribution is 5.04. The molecule has 0 aliphatic heterocycles. The van der Waals surface area contributed by atoms with Gasteiger partial charge in [-0.2, -0.15) is 0 Å². The van der Waals surface area contributed by atoms with Crippen LogP contribution in [0, 0.1) is 0 Å². The fourth-order valence-corrected chi connectivity index (χ4v) is 2.31. The van der Waals surface area contributed by atoms with Crippen molar-refractivity contribution in [2.45, 2.75) is 50.7 Å². The minimum absolute atomic E-state index is 0.258. The van der Waals surface area contributed by atoms with Crippen LogP contribution in [0.15, 0.2) is 22.8 Å². The first-order valence-electron chi connectivity index (χ1n) is 5.82. The third-order valence-corrected chi connectivity index (χ3v) is 3.25. The van der Waals surface area contributed by atoms with E-state index in [2.05, 4.69) is 12.2 Å². The van der Waals surface area contributed by atoms with E-state index in [-0.39, 0.29) is 6.04 Å². The SMILES string of the molecule is C[C@H](N[C@H]1CCCC[C@@H]1N)c1ccco1. The molecule has 1 aliphatic rings. The lowest BCUT2D eigenvalue weighted by Crippen LogP contribution is -2.47. The minimum Gasteiger partial charge on any atom is -0.468 e. The Kier molecular flexibility index (Phi) is 3.44. The van der Waals surface area contributed by atoms with Gasteiger partial charge >= 0.3 is 0 Å². The highest BCUT2D eigenvalue weighted by atomic mass is 16.3. The fraction of sp³-hybridized carbons (Fsp3) is 0.667. The second kappa shape index (κ2) is 4.81. The second-order valence-electron chi connectivity index (χ2n) is 4.46. The summed E-state index contributed by atoms with van der Waals surface area (Å²) in [6, 6.07) is 4.93. The zero-order valence-corrected chi connectivity index (χ0v) is 9.28. The summed E-state index contributed by atoms with van der Waals surface area (Å²) in [6.07, 6.45) is 6.60. The molecule has 1 aromatic rings. The molecule has 0 radical (unpaired) electrons. The van der Waals surface area contributed by atoms with Crippen LogP contribution in [0.4, 0.5) is 0 Å². The van der Waals surface area contributed by atoms with Crippen molar-refractivity contribution in [2.75, 3.05) is 0 Å². The van der Waals surface area contributed by atoms with Crippen molar-refractivity contribution in [3.8, 4) is 0 Å². The molecule has 1 fully saturated rings. The summed E-state index contributed by atoms with van der Waals surface area (Å²) in [5.41, 5.74) is 6.09. The van der Waals surface area contributed by atoms with E-state index in [9.17, 15) is 0 Å². The molecule has 0 saturated heterocycles. The van der Waals surface area contributed by atoms with E-state index in [1.54, 1.807) is 6.26 Å². The van der Waals surface area contributed by atoms with Crippen LogP contribution in [0.2, 0.25) is 0 Å². The van der Waals surface area contributed by atoms with Gasteiger partial charge in [0.15, 0.2) is 0 Å². The molecule has 2 rings (SSSR count). The van der Waals surface area contributed by atoms with Gasteiger partial charge in [0.1, 0.15) is 5.76 Å². The maximum absolute atomic E-state index is 6.09. The zero-order chi connectivity index (χ0) is 10.7. The number of rotatable bonds is 3. The van der Waals surface area contributed by atoms with E-state index in [1.165, 1.54) is 19.3 Å². The molecule has 3 atom stereocenters. The number of hydrogen-bond donors (Lipinski definition) is 2. The van der Waals surface area contributed by atoms with Crippen molar-refractivity contribution >= 4 is 0 Å². The highest BCUT2D eigenvalue weighted by Crippen LogP contribution is 2.21. The lowest BCUT2D eigenvalue weighted by Gasteiger charge is -2.31. The summed E-state index contributed by atoms with van der Waals surface area (Å²) in [6.45, 7) is 2.13. The Morgan fingerprint density at radius 2 is 2.27 bits per heavy atom. The maximum atomic E-state index is 6.09. The summed E-state index contributed by atoms with van der Waals surface area (Å²) in [5, 5.41) is 3.55. The number of nitrogens with two attached hydrogens (primary N) is 1. The highest BCUT2D eigenvalue weighted by Gasteiger charge is 2.23.